The van der Waals surface area contributed by atoms with Gasteiger partial charge in [-0.15, -0.1) is 0 Å². The summed E-state index contributed by atoms with van der Waals surface area (Å²) in [5.74, 6) is 1.05. The summed E-state index contributed by atoms with van der Waals surface area (Å²) < 4.78 is 0. The van der Waals surface area contributed by atoms with Crippen molar-refractivity contribution in [1.82, 2.24) is 10.2 Å². The third-order valence-electron chi connectivity index (χ3n) is 5.59. The zero-order chi connectivity index (χ0) is 14.0. The molecule has 1 N–H and O–H groups in total. The van der Waals surface area contributed by atoms with Crippen LogP contribution in [0.15, 0.2) is 0 Å². The number of nitrogens with one attached hydrogen (secondary N) is 1. The summed E-state index contributed by atoms with van der Waals surface area (Å²) in [6.07, 6.45) is 13.3. The van der Waals surface area contributed by atoms with Crippen molar-refractivity contribution in [3.8, 4) is 0 Å². The molecule has 0 aromatic carbocycles. The molecule has 2 nitrogen and oxygen atoms in total. The highest BCUT2D eigenvalue weighted by molar-refractivity contribution is 4.95. The van der Waals surface area contributed by atoms with Crippen LogP contribution in [0.25, 0.3) is 0 Å². The minimum atomic E-state index is 0.583. The van der Waals surface area contributed by atoms with Crippen molar-refractivity contribution in [2.24, 2.45) is 11.3 Å². The van der Waals surface area contributed by atoms with Gasteiger partial charge in [0.15, 0.2) is 0 Å². The van der Waals surface area contributed by atoms with Crippen LogP contribution in [-0.2, 0) is 0 Å². The average molecular weight is 278 g/mol. The Hall–Kier alpha value is -0.0800. The van der Waals surface area contributed by atoms with Crippen molar-refractivity contribution in [3.05, 3.63) is 0 Å². The van der Waals surface area contributed by atoms with E-state index in [1.807, 2.05) is 0 Å². The molecule has 0 amide bonds. The molecule has 0 atom stereocenters. The molecule has 0 unspecified atom stereocenters. The lowest BCUT2D eigenvalue weighted by Crippen LogP contribution is -2.47. The smallest absolute Gasteiger partial charge is 0.00967 e. The van der Waals surface area contributed by atoms with Crippen molar-refractivity contribution < 1.29 is 0 Å². The van der Waals surface area contributed by atoms with Crippen molar-refractivity contribution >= 4 is 0 Å². The van der Waals surface area contributed by atoms with Crippen LogP contribution >= 0.6 is 0 Å². The molecular weight excluding hydrogens is 244 g/mol. The highest BCUT2D eigenvalue weighted by Crippen LogP contribution is 2.41. The van der Waals surface area contributed by atoms with E-state index in [4.69, 9.17) is 0 Å². The summed E-state index contributed by atoms with van der Waals surface area (Å²) >= 11 is 0. The van der Waals surface area contributed by atoms with Crippen LogP contribution in [0.2, 0.25) is 0 Å². The Morgan fingerprint density at radius 3 is 2.30 bits per heavy atom. The largest absolute Gasteiger partial charge is 0.314 e. The van der Waals surface area contributed by atoms with E-state index in [0.29, 0.717) is 11.5 Å². The number of hydrogen-bond acceptors (Lipinski definition) is 2. The van der Waals surface area contributed by atoms with Gasteiger partial charge in [-0.3, -0.25) is 4.90 Å². The van der Waals surface area contributed by atoms with Crippen LogP contribution < -0.4 is 5.32 Å². The summed E-state index contributed by atoms with van der Waals surface area (Å²) in [6, 6.07) is 1.58. The summed E-state index contributed by atoms with van der Waals surface area (Å²) in [5.41, 5.74) is 0.583. The summed E-state index contributed by atoms with van der Waals surface area (Å²) in [5, 5.41) is 3.76. The van der Waals surface area contributed by atoms with E-state index in [0.717, 1.165) is 12.0 Å². The van der Waals surface area contributed by atoms with Gasteiger partial charge in [0.25, 0.3) is 0 Å². The quantitative estimate of drug-likeness (QED) is 0.726. The van der Waals surface area contributed by atoms with Gasteiger partial charge in [0.1, 0.15) is 0 Å². The lowest BCUT2D eigenvalue weighted by atomic mass is 9.73. The normalized spacial score (nSPS) is 26.4. The maximum atomic E-state index is 3.76. The first-order chi connectivity index (χ1) is 9.67. The Labute approximate surface area is 125 Å². The molecule has 3 fully saturated rings. The van der Waals surface area contributed by atoms with Crippen molar-refractivity contribution in [2.75, 3.05) is 19.6 Å². The number of hydrogen-bond donors (Lipinski definition) is 1. The predicted octanol–water partition coefficient (Wildman–Crippen LogP) is 3.81. The molecule has 0 heterocycles. The zero-order valence-corrected chi connectivity index (χ0v) is 13.7. The predicted molar refractivity (Wildman–Crippen MR) is 86.0 cm³/mol. The molecule has 2 heteroatoms. The second kappa shape index (κ2) is 6.36. The molecule has 0 spiro atoms. The van der Waals surface area contributed by atoms with Gasteiger partial charge in [-0.2, -0.15) is 0 Å². The molecule has 3 rings (SSSR count). The first kappa shape index (κ1) is 14.8. The SMILES string of the molecule is CC(C)NCC1(CN(CC2CC2)C2CC2)CCCCC1. The van der Waals surface area contributed by atoms with Gasteiger partial charge >= 0.3 is 0 Å². The van der Waals surface area contributed by atoms with Crippen molar-refractivity contribution in [2.45, 2.75) is 83.7 Å². The van der Waals surface area contributed by atoms with Crippen LogP contribution in [0.1, 0.15) is 71.6 Å². The molecular formula is C18H34N2. The van der Waals surface area contributed by atoms with Gasteiger partial charge in [0.05, 0.1) is 0 Å². The maximum absolute atomic E-state index is 3.76. The molecule has 0 bridgehead atoms. The van der Waals surface area contributed by atoms with Crippen molar-refractivity contribution in [1.29, 1.82) is 0 Å². The standard InChI is InChI=1S/C18H34N2/c1-15(2)19-13-18(10-4-3-5-11-18)14-20(17-8-9-17)12-16-6-7-16/h15-17,19H,3-14H2,1-2H3. The second-order valence-corrected chi connectivity index (χ2v) is 8.20. The lowest BCUT2D eigenvalue weighted by Gasteiger charge is -2.42. The number of rotatable bonds is 8. The fourth-order valence-corrected chi connectivity index (χ4v) is 3.96. The summed E-state index contributed by atoms with van der Waals surface area (Å²) in [7, 11) is 0. The fourth-order valence-electron chi connectivity index (χ4n) is 3.96. The van der Waals surface area contributed by atoms with Crippen LogP contribution in [0, 0.1) is 11.3 Å². The number of nitrogens with zero attached hydrogens (tertiary/aromatic N) is 1. The molecule has 20 heavy (non-hydrogen) atoms. The molecule has 116 valence electrons. The van der Waals surface area contributed by atoms with Crippen molar-refractivity contribution in [3.63, 3.8) is 0 Å². The van der Waals surface area contributed by atoms with Gasteiger partial charge < -0.3 is 5.32 Å². The van der Waals surface area contributed by atoms with E-state index in [1.54, 1.807) is 0 Å². The molecule has 3 aliphatic rings. The third-order valence-corrected chi connectivity index (χ3v) is 5.59. The Morgan fingerprint density at radius 1 is 1.05 bits per heavy atom. The van der Waals surface area contributed by atoms with Gasteiger partial charge in [0, 0.05) is 31.7 Å². The second-order valence-electron chi connectivity index (χ2n) is 8.20. The Balaban J connectivity index is 1.60. The molecule has 0 aromatic rings. The van der Waals surface area contributed by atoms with Crippen LogP contribution in [0.4, 0.5) is 0 Å². The van der Waals surface area contributed by atoms with E-state index in [2.05, 4.69) is 24.1 Å². The van der Waals surface area contributed by atoms with E-state index in [1.165, 1.54) is 77.4 Å². The van der Waals surface area contributed by atoms with Gasteiger partial charge in [-0.25, -0.2) is 0 Å². The van der Waals surface area contributed by atoms with E-state index in [-0.39, 0.29) is 0 Å². The Kier molecular flexibility index (Phi) is 4.72. The molecule has 0 saturated heterocycles. The average Bonchev–Trinajstić information content (AvgIpc) is 3.29. The van der Waals surface area contributed by atoms with Crippen LogP contribution in [0.5, 0.6) is 0 Å². The summed E-state index contributed by atoms with van der Waals surface area (Å²) in [4.78, 5) is 2.89. The Bertz CT molecular complexity index is 299. The topological polar surface area (TPSA) is 15.3 Å². The van der Waals surface area contributed by atoms with E-state index >= 15 is 0 Å². The minimum Gasteiger partial charge on any atom is -0.314 e. The Morgan fingerprint density at radius 2 is 1.75 bits per heavy atom. The fraction of sp³-hybridized carbons (Fsp3) is 1.00. The van der Waals surface area contributed by atoms with E-state index in [9.17, 15) is 0 Å². The molecule has 3 aliphatic carbocycles. The van der Waals surface area contributed by atoms with Crippen LogP contribution in [-0.4, -0.2) is 36.6 Å². The lowest BCUT2D eigenvalue weighted by molar-refractivity contribution is 0.0920. The van der Waals surface area contributed by atoms with Gasteiger partial charge in [0.2, 0.25) is 0 Å². The third kappa shape index (κ3) is 4.21. The van der Waals surface area contributed by atoms with Crippen LogP contribution in [0.3, 0.4) is 0 Å². The molecule has 0 aliphatic heterocycles. The first-order valence-electron chi connectivity index (χ1n) is 9.14. The minimum absolute atomic E-state index is 0.583. The monoisotopic (exact) mass is 278 g/mol. The zero-order valence-electron chi connectivity index (χ0n) is 13.7. The molecule has 3 saturated carbocycles. The molecule has 0 aromatic heterocycles. The highest BCUT2D eigenvalue weighted by Gasteiger charge is 2.40. The van der Waals surface area contributed by atoms with Gasteiger partial charge in [-0.05, 0) is 49.9 Å². The van der Waals surface area contributed by atoms with Gasteiger partial charge in [-0.1, -0.05) is 33.1 Å². The highest BCUT2D eigenvalue weighted by atomic mass is 15.2. The first-order valence-corrected chi connectivity index (χ1v) is 9.14. The molecule has 0 radical (unpaired) electrons. The van der Waals surface area contributed by atoms with E-state index < -0.39 is 0 Å². The maximum Gasteiger partial charge on any atom is 0.00967 e. The summed E-state index contributed by atoms with van der Waals surface area (Å²) in [6.45, 7) is 8.62.